The molecule has 1 amide bonds. The molecule has 5 heteroatoms. The lowest BCUT2D eigenvalue weighted by Gasteiger charge is -2.10. The van der Waals surface area contributed by atoms with Gasteiger partial charge < -0.3 is 21.3 Å². The van der Waals surface area contributed by atoms with Gasteiger partial charge in [-0.05, 0) is 36.8 Å². The lowest BCUT2D eigenvalue weighted by atomic mass is 10.1. The van der Waals surface area contributed by atoms with Crippen LogP contribution in [0.3, 0.4) is 0 Å². The van der Waals surface area contributed by atoms with Gasteiger partial charge in [-0.25, -0.2) is 0 Å². The number of anilines is 1. The van der Waals surface area contributed by atoms with Gasteiger partial charge in [0.1, 0.15) is 11.5 Å². The molecule has 0 fully saturated rings. The SMILES string of the molecule is Cc1cccc(C(=O)NCc2cc(N)ccc2O)c1O. The molecule has 0 bridgehead atoms. The molecule has 5 nitrogen and oxygen atoms in total. The fourth-order valence-electron chi connectivity index (χ4n) is 1.86. The lowest BCUT2D eigenvalue weighted by Crippen LogP contribution is -2.23. The van der Waals surface area contributed by atoms with E-state index in [0.29, 0.717) is 16.8 Å². The zero-order valence-corrected chi connectivity index (χ0v) is 11.1. The fraction of sp³-hybridized carbons (Fsp3) is 0.133. The molecule has 0 spiro atoms. The first-order chi connectivity index (χ1) is 9.49. The van der Waals surface area contributed by atoms with Gasteiger partial charge in [-0.3, -0.25) is 4.79 Å². The van der Waals surface area contributed by atoms with Crippen molar-refractivity contribution >= 4 is 11.6 Å². The van der Waals surface area contributed by atoms with Gasteiger partial charge in [0.25, 0.3) is 5.91 Å². The molecule has 2 aromatic carbocycles. The number of nitrogens with one attached hydrogen (secondary N) is 1. The van der Waals surface area contributed by atoms with Gasteiger partial charge in [-0.1, -0.05) is 12.1 Å². The molecule has 0 radical (unpaired) electrons. The van der Waals surface area contributed by atoms with E-state index in [1.54, 1.807) is 31.2 Å². The highest BCUT2D eigenvalue weighted by Gasteiger charge is 2.12. The Bertz CT molecular complexity index is 654. The van der Waals surface area contributed by atoms with E-state index in [1.165, 1.54) is 12.1 Å². The Labute approximate surface area is 116 Å². The van der Waals surface area contributed by atoms with Crippen LogP contribution in [0.25, 0.3) is 0 Å². The maximum atomic E-state index is 12.0. The first kappa shape index (κ1) is 13.7. The molecule has 0 saturated heterocycles. The highest BCUT2D eigenvalue weighted by atomic mass is 16.3. The first-order valence-electron chi connectivity index (χ1n) is 6.13. The maximum Gasteiger partial charge on any atom is 0.255 e. The molecule has 0 heterocycles. The number of hydrogen-bond acceptors (Lipinski definition) is 4. The molecule has 0 aliphatic carbocycles. The van der Waals surface area contributed by atoms with E-state index < -0.39 is 5.91 Å². The van der Waals surface area contributed by atoms with E-state index in [-0.39, 0.29) is 23.6 Å². The summed E-state index contributed by atoms with van der Waals surface area (Å²) in [5.41, 5.74) is 7.48. The summed E-state index contributed by atoms with van der Waals surface area (Å²) in [6, 6.07) is 9.59. The molecule has 0 aliphatic heterocycles. The smallest absolute Gasteiger partial charge is 0.255 e. The van der Waals surface area contributed by atoms with Crippen LogP contribution in [0, 0.1) is 6.92 Å². The number of phenols is 2. The number of nitrogens with two attached hydrogens (primary N) is 1. The zero-order chi connectivity index (χ0) is 14.7. The van der Waals surface area contributed by atoms with Crippen LogP contribution in [-0.2, 0) is 6.54 Å². The molecule has 20 heavy (non-hydrogen) atoms. The van der Waals surface area contributed by atoms with Crippen LogP contribution in [-0.4, -0.2) is 16.1 Å². The number of hydrogen-bond donors (Lipinski definition) is 4. The van der Waals surface area contributed by atoms with Crippen molar-refractivity contribution in [3.63, 3.8) is 0 Å². The Morgan fingerprint density at radius 1 is 1.25 bits per heavy atom. The van der Waals surface area contributed by atoms with Gasteiger partial charge in [0.2, 0.25) is 0 Å². The lowest BCUT2D eigenvalue weighted by molar-refractivity contribution is 0.0948. The van der Waals surface area contributed by atoms with Crippen molar-refractivity contribution in [3.8, 4) is 11.5 Å². The highest BCUT2D eigenvalue weighted by molar-refractivity contribution is 5.97. The van der Waals surface area contributed by atoms with Crippen molar-refractivity contribution in [2.75, 3.05) is 5.73 Å². The van der Waals surface area contributed by atoms with Crippen LogP contribution in [0.2, 0.25) is 0 Å². The molecular weight excluding hydrogens is 256 g/mol. The van der Waals surface area contributed by atoms with E-state index >= 15 is 0 Å². The molecule has 0 atom stereocenters. The molecule has 5 N–H and O–H groups in total. The number of amides is 1. The number of nitrogen functional groups attached to an aromatic ring is 1. The van der Waals surface area contributed by atoms with Gasteiger partial charge in [-0.2, -0.15) is 0 Å². The van der Waals surface area contributed by atoms with Crippen LogP contribution in [0.1, 0.15) is 21.5 Å². The number of benzene rings is 2. The number of carbonyl (C=O) groups excluding carboxylic acids is 1. The summed E-state index contributed by atoms with van der Waals surface area (Å²) in [6.45, 7) is 1.85. The summed E-state index contributed by atoms with van der Waals surface area (Å²) in [6.07, 6.45) is 0. The third-order valence-corrected chi connectivity index (χ3v) is 3.03. The van der Waals surface area contributed by atoms with Crippen LogP contribution in [0.5, 0.6) is 11.5 Å². The van der Waals surface area contributed by atoms with E-state index in [9.17, 15) is 15.0 Å². The Hall–Kier alpha value is -2.69. The average molecular weight is 272 g/mol. The van der Waals surface area contributed by atoms with Crippen molar-refractivity contribution < 1.29 is 15.0 Å². The number of carbonyl (C=O) groups is 1. The van der Waals surface area contributed by atoms with Crippen LogP contribution >= 0.6 is 0 Å². The molecule has 0 saturated carbocycles. The standard InChI is InChI=1S/C15H16N2O3/c1-9-3-2-4-12(14(9)19)15(20)17-8-10-7-11(16)5-6-13(10)18/h2-7,18-19H,8,16H2,1H3,(H,17,20). The fourth-order valence-corrected chi connectivity index (χ4v) is 1.86. The van der Waals surface area contributed by atoms with E-state index in [0.717, 1.165) is 0 Å². The van der Waals surface area contributed by atoms with Crippen molar-refractivity contribution in [3.05, 3.63) is 53.1 Å². The predicted molar refractivity (Wildman–Crippen MR) is 76.5 cm³/mol. The number of aromatic hydroxyl groups is 2. The van der Waals surface area contributed by atoms with E-state index in [1.807, 2.05) is 0 Å². The summed E-state index contributed by atoms with van der Waals surface area (Å²) in [4.78, 5) is 12.0. The third kappa shape index (κ3) is 2.83. The van der Waals surface area contributed by atoms with Crippen LogP contribution in [0.4, 0.5) is 5.69 Å². The first-order valence-corrected chi connectivity index (χ1v) is 6.13. The number of para-hydroxylation sites is 1. The minimum Gasteiger partial charge on any atom is -0.508 e. The third-order valence-electron chi connectivity index (χ3n) is 3.03. The Balaban J connectivity index is 2.13. The van der Waals surface area contributed by atoms with Crippen molar-refractivity contribution in [2.45, 2.75) is 13.5 Å². The second-order valence-corrected chi connectivity index (χ2v) is 4.54. The molecule has 0 aliphatic rings. The molecular formula is C15H16N2O3. The molecule has 104 valence electrons. The Kier molecular flexibility index (Phi) is 3.79. The van der Waals surface area contributed by atoms with E-state index in [2.05, 4.69) is 5.32 Å². The van der Waals surface area contributed by atoms with Crippen LogP contribution in [0.15, 0.2) is 36.4 Å². The minimum atomic E-state index is -0.409. The number of aryl methyl sites for hydroxylation is 1. The molecule has 2 aromatic rings. The second kappa shape index (κ2) is 5.52. The van der Waals surface area contributed by atoms with Crippen molar-refractivity contribution in [1.29, 1.82) is 0 Å². The van der Waals surface area contributed by atoms with E-state index in [4.69, 9.17) is 5.73 Å². The van der Waals surface area contributed by atoms with Gasteiger partial charge in [0.15, 0.2) is 0 Å². The average Bonchev–Trinajstić information content (AvgIpc) is 2.42. The largest absolute Gasteiger partial charge is 0.508 e. The molecule has 0 aromatic heterocycles. The summed E-state index contributed by atoms with van der Waals surface area (Å²) < 4.78 is 0. The van der Waals surface area contributed by atoms with Crippen LogP contribution < -0.4 is 11.1 Å². The summed E-state index contributed by atoms with van der Waals surface area (Å²) in [5, 5.41) is 22.1. The molecule has 0 unspecified atom stereocenters. The number of rotatable bonds is 3. The predicted octanol–water partition coefficient (Wildman–Crippen LogP) is 1.92. The quantitative estimate of drug-likeness (QED) is 0.507. The molecule has 2 rings (SSSR count). The number of phenolic OH excluding ortho intramolecular Hbond substituents is 2. The second-order valence-electron chi connectivity index (χ2n) is 4.54. The summed E-state index contributed by atoms with van der Waals surface area (Å²) in [7, 11) is 0. The summed E-state index contributed by atoms with van der Waals surface area (Å²) in [5.74, 6) is -0.386. The Morgan fingerprint density at radius 2 is 2.00 bits per heavy atom. The van der Waals surface area contributed by atoms with Gasteiger partial charge in [0, 0.05) is 17.8 Å². The monoisotopic (exact) mass is 272 g/mol. The zero-order valence-electron chi connectivity index (χ0n) is 11.1. The minimum absolute atomic E-state index is 0.0400. The topological polar surface area (TPSA) is 95.6 Å². The highest BCUT2D eigenvalue weighted by Crippen LogP contribution is 2.22. The van der Waals surface area contributed by atoms with Gasteiger partial charge in [-0.15, -0.1) is 0 Å². The van der Waals surface area contributed by atoms with Gasteiger partial charge in [0.05, 0.1) is 5.56 Å². The summed E-state index contributed by atoms with van der Waals surface area (Å²) >= 11 is 0. The Morgan fingerprint density at radius 3 is 2.75 bits per heavy atom. The van der Waals surface area contributed by atoms with Crippen molar-refractivity contribution in [1.82, 2.24) is 5.32 Å². The van der Waals surface area contributed by atoms with Gasteiger partial charge >= 0.3 is 0 Å². The normalized spacial score (nSPS) is 10.2. The maximum absolute atomic E-state index is 12.0. The van der Waals surface area contributed by atoms with Crippen molar-refractivity contribution in [2.24, 2.45) is 0 Å².